The lowest BCUT2D eigenvalue weighted by Crippen LogP contribution is -2.49. The Hall–Kier alpha value is -3.26. The second-order valence-corrected chi connectivity index (χ2v) is 7.05. The molecule has 1 amide bonds. The fourth-order valence-corrected chi connectivity index (χ4v) is 3.66. The number of hydrogen-bond donors (Lipinski definition) is 0. The van der Waals surface area contributed by atoms with Gasteiger partial charge in [-0.1, -0.05) is 30.3 Å². The van der Waals surface area contributed by atoms with Crippen molar-refractivity contribution >= 4 is 23.4 Å². The average molecular weight is 389 g/mol. The van der Waals surface area contributed by atoms with Crippen LogP contribution in [-0.2, 0) is 4.79 Å². The topological polar surface area (TPSA) is 50.6 Å². The van der Waals surface area contributed by atoms with Crippen LogP contribution in [0.25, 0.3) is 6.08 Å². The van der Waals surface area contributed by atoms with Crippen LogP contribution in [0.5, 0.6) is 0 Å². The molecule has 1 heterocycles. The fourth-order valence-electron chi connectivity index (χ4n) is 3.66. The maximum atomic E-state index is 12.9. The number of piperazine rings is 1. The molecule has 1 fully saturated rings. The minimum Gasteiger partial charge on any atom is -0.372 e. The van der Waals surface area contributed by atoms with Crippen molar-refractivity contribution < 1.29 is 4.79 Å². The normalized spacial score (nSPS) is 14.4. The molecule has 0 aromatic heterocycles. The van der Waals surface area contributed by atoms with Gasteiger partial charge in [0.1, 0.15) is 11.6 Å². The molecule has 3 rings (SSSR count). The highest BCUT2D eigenvalue weighted by Gasteiger charge is 2.23. The number of rotatable bonds is 6. The van der Waals surface area contributed by atoms with E-state index in [9.17, 15) is 10.1 Å². The standard InChI is InChI=1S/C24H28N4O/c1-3-26(4-2)23-12-10-20(11-13-23)18-21(19-25)24(29)28-16-14-27(15-17-28)22-8-6-5-7-9-22/h5-13,18H,3-4,14-17H2,1-2H3. The molecule has 0 bridgehead atoms. The monoisotopic (exact) mass is 388 g/mol. The Bertz CT molecular complexity index is 871. The van der Waals surface area contributed by atoms with E-state index in [1.165, 1.54) is 5.69 Å². The summed E-state index contributed by atoms with van der Waals surface area (Å²) in [6, 6.07) is 20.3. The SMILES string of the molecule is CCN(CC)c1ccc(C=C(C#N)C(=O)N2CCN(c3ccccc3)CC2)cc1. The van der Waals surface area contributed by atoms with Crippen molar-refractivity contribution in [1.82, 2.24) is 4.90 Å². The van der Waals surface area contributed by atoms with Crippen LogP contribution in [0, 0.1) is 11.3 Å². The summed E-state index contributed by atoms with van der Waals surface area (Å²) in [6.07, 6.45) is 1.69. The van der Waals surface area contributed by atoms with Gasteiger partial charge >= 0.3 is 0 Å². The number of benzene rings is 2. The third-order valence-corrected chi connectivity index (χ3v) is 5.37. The Morgan fingerprint density at radius 2 is 1.62 bits per heavy atom. The van der Waals surface area contributed by atoms with Crippen molar-refractivity contribution in [3.8, 4) is 6.07 Å². The molecule has 2 aromatic carbocycles. The Kier molecular flexibility index (Phi) is 6.91. The van der Waals surface area contributed by atoms with E-state index in [0.717, 1.165) is 37.4 Å². The molecule has 0 spiro atoms. The zero-order valence-corrected chi connectivity index (χ0v) is 17.2. The third-order valence-electron chi connectivity index (χ3n) is 5.37. The van der Waals surface area contributed by atoms with E-state index < -0.39 is 0 Å². The van der Waals surface area contributed by atoms with Gasteiger partial charge in [0.25, 0.3) is 5.91 Å². The molecule has 1 aliphatic heterocycles. The fraction of sp³-hybridized carbons (Fsp3) is 0.333. The molecule has 5 heteroatoms. The van der Waals surface area contributed by atoms with Crippen LogP contribution in [0.4, 0.5) is 11.4 Å². The van der Waals surface area contributed by atoms with Gasteiger partial charge in [-0.25, -0.2) is 0 Å². The minimum absolute atomic E-state index is 0.187. The summed E-state index contributed by atoms with van der Waals surface area (Å²) in [7, 11) is 0. The number of carbonyl (C=O) groups is 1. The van der Waals surface area contributed by atoms with E-state index in [4.69, 9.17) is 0 Å². The molecule has 0 aliphatic carbocycles. The van der Waals surface area contributed by atoms with Crippen molar-refractivity contribution in [3.63, 3.8) is 0 Å². The summed E-state index contributed by atoms with van der Waals surface area (Å²) in [5, 5.41) is 9.55. The van der Waals surface area contributed by atoms with Crippen LogP contribution >= 0.6 is 0 Å². The Morgan fingerprint density at radius 3 is 2.17 bits per heavy atom. The lowest BCUT2D eigenvalue weighted by molar-refractivity contribution is -0.126. The number of carbonyl (C=O) groups excluding carboxylic acids is 1. The molecule has 2 aromatic rings. The molecular formula is C24H28N4O. The summed E-state index contributed by atoms with van der Waals surface area (Å²) in [6.45, 7) is 8.93. The first-order valence-electron chi connectivity index (χ1n) is 10.2. The molecule has 29 heavy (non-hydrogen) atoms. The lowest BCUT2D eigenvalue weighted by atomic mass is 10.1. The van der Waals surface area contributed by atoms with Crippen LogP contribution in [0.1, 0.15) is 19.4 Å². The number of nitrogens with zero attached hydrogens (tertiary/aromatic N) is 4. The maximum absolute atomic E-state index is 12.9. The number of nitriles is 1. The molecule has 1 aliphatic rings. The predicted molar refractivity (Wildman–Crippen MR) is 119 cm³/mol. The largest absolute Gasteiger partial charge is 0.372 e. The van der Waals surface area contributed by atoms with Crippen LogP contribution in [0.15, 0.2) is 60.2 Å². The second-order valence-electron chi connectivity index (χ2n) is 7.05. The van der Waals surface area contributed by atoms with Gasteiger partial charge in [-0.3, -0.25) is 4.79 Å². The number of anilines is 2. The molecule has 0 unspecified atom stereocenters. The molecule has 1 saturated heterocycles. The van der Waals surface area contributed by atoms with Gasteiger partial charge in [0.05, 0.1) is 0 Å². The van der Waals surface area contributed by atoms with E-state index in [1.807, 2.05) is 42.5 Å². The smallest absolute Gasteiger partial charge is 0.264 e. The number of hydrogen-bond acceptors (Lipinski definition) is 4. The summed E-state index contributed by atoms with van der Waals surface area (Å²) >= 11 is 0. The highest BCUT2D eigenvalue weighted by molar-refractivity contribution is 6.01. The third kappa shape index (κ3) is 4.97. The van der Waals surface area contributed by atoms with E-state index in [0.29, 0.717) is 13.1 Å². The minimum atomic E-state index is -0.187. The molecule has 5 nitrogen and oxygen atoms in total. The highest BCUT2D eigenvalue weighted by Crippen LogP contribution is 2.19. The van der Waals surface area contributed by atoms with Gasteiger partial charge in [-0.05, 0) is 49.8 Å². The van der Waals surface area contributed by atoms with Crippen molar-refractivity contribution in [2.45, 2.75) is 13.8 Å². The molecule has 0 saturated carbocycles. The van der Waals surface area contributed by atoms with E-state index in [-0.39, 0.29) is 11.5 Å². The molecule has 150 valence electrons. The zero-order valence-electron chi connectivity index (χ0n) is 17.2. The number of amides is 1. The molecule has 0 N–H and O–H groups in total. The lowest BCUT2D eigenvalue weighted by Gasteiger charge is -2.36. The van der Waals surface area contributed by atoms with Crippen molar-refractivity contribution in [2.24, 2.45) is 0 Å². The van der Waals surface area contributed by atoms with Gasteiger partial charge in [0.2, 0.25) is 0 Å². The summed E-state index contributed by atoms with van der Waals surface area (Å²) in [5.74, 6) is -0.187. The quantitative estimate of drug-likeness (QED) is 0.558. The first-order valence-corrected chi connectivity index (χ1v) is 10.2. The second kappa shape index (κ2) is 9.79. The van der Waals surface area contributed by atoms with Crippen LogP contribution in [-0.4, -0.2) is 50.1 Å². The Morgan fingerprint density at radius 1 is 1.00 bits per heavy atom. The van der Waals surface area contributed by atoms with E-state index >= 15 is 0 Å². The van der Waals surface area contributed by atoms with Crippen LogP contribution < -0.4 is 9.80 Å². The molecule has 0 atom stereocenters. The van der Waals surface area contributed by atoms with Gasteiger partial charge in [-0.2, -0.15) is 5.26 Å². The van der Waals surface area contributed by atoms with Crippen LogP contribution in [0.3, 0.4) is 0 Å². The highest BCUT2D eigenvalue weighted by atomic mass is 16.2. The zero-order chi connectivity index (χ0) is 20.6. The van der Waals surface area contributed by atoms with Gasteiger partial charge < -0.3 is 14.7 Å². The van der Waals surface area contributed by atoms with E-state index in [2.05, 4.69) is 41.8 Å². The first-order chi connectivity index (χ1) is 14.2. The molecule has 0 radical (unpaired) electrons. The Balaban J connectivity index is 1.65. The molecular weight excluding hydrogens is 360 g/mol. The predicted octanol–water partition coefficient (Wildman–Crippen LogP) is 3.79. The van der Waals surface area contributed by atoms with E-state index in [1.54, 1.807) is 11.0 Å². The van der Waals surface area contributed by atoms with Gasteiger partial charge in [-0.15, -0.1) is 0 Å². The first kappa shape index (κ1) is 20.5. The van der Waals surface area contributed by atoms with Crippen molar-refractivity contribution in [1.29, 1.82) is 5.26 Å². The van der Waals surface area contributed by atoms with Crippen molar-refractivity contribution in [2.75, 3.05) is 49.1 Å². The van der Waals surface area contributed by atoms with Gasteiger partial charge in [0, 0.05) is 50.6 Å². The Labute approximate surface area is 173 Å². The average Bonchev–Trinajstić information content (AvgIpc) is 2.79. The summed E-state index contributed by atoms with van der Waals surface area (Å²) in [4.78, 5) is 19.2. The number of para-hydroxylation sites is 1. The summed E-state index contributed by atoms with van der Waals surface area (Å²) < 4.78 is 0. The van der Waals surface area contributed by atoms with Crippen LogP contribution in [0.2, 0.25) is 0 Å². The van der Waals surface area contributed by atoms with Gasteiger partial charge in [0.15, 0.2) is 0 Å². The van der Waals surface area contributed by atoms with Crippen molar-refractivity contribution in [3.05, 3.63) is 65.7 Å². The summed E-state index contributed by atoms with van der Waals surface area (Å²) in [5.41, 5.74) is 3.38. The maximum Gasteiger partial charge on any atom is 0.264 e.